The lowest BCUT2D eigenvalue weighted by Gasteiger charge is -2.14. The first-order chi connectivity index (χ1) is 16.7. The van der Waals surface area contributed by atoms with Gasteiger partial charge in [-0.15, -0.1) is 0 Å². The molecule has 0 bridgehead atoms. The van der Waals surface area contributed by atoms with Crippen molar-refractivity contribution in [1.82, 2.24) is 9.03 Å². The number of methoxy groups -OCH3 is 1. The molecule has 33 heavy (non-hydrogen) atoms. The summed E-state index contributed by atoms with van der Waals surface area (Å²) >= 11 is 0. The zero-order chi connectivity index (χ0) is 26.8. The van der Waals surface area contributed by atoms with E-state index in [1.807, 2.05) is 4.72 Å². The lowest BCUT2D eigenvalue weighted by atomic mass is 10.0. The Morgan fingerprint density at radius 1 is 1.03 bits per heavy atom. The van der Waals surface area contributed by atoms with Crippen LogP contribution in [0.25, 0.3) is 11.1 Å². The standard InChI is InChI=1S/C22H23F2N3O5S/c1-27(2)33(30,31)26-22(29)17-9-5-8-16(17)21(28)25-20-18(23)11-14(12-19(20)24)13-6-4-7-15(10-13)32-3/h4,6-7,10-12H,5,8-9H2,1-3H3,(H,25,28)(H,26,29)/i3D3. The Kier molecular flexibility index (Phi) is 5.95. The smallest absolute Gasteiger partial charge is 0.303 e. The third-order valence-electron chi connectivity index (χ3n) is 5.03. The maximum atomic E-state index is 14.8. The van der Waals surface area contributed by atoms with Crippen LogP contribution < -0.4 is 14.8 Å². The van der Waals surface area contributed by atoms with E-state index < -0.39 is 46.4 Å². The molecule has 1 aliphatic carbocycles. The van der Waals surface area contributed by atoms with E-state index in [9.17, 15) is 26.8 Å². The van der Waals surface area contributed by atoms with Gasteiger partial charge in [0.15, 0.2) is 0 Å². The summed E-state index contributed by atoms with van der Waals surface area (Å²) in [7, 11) is -4.36. The van der Waals surface area contributed by atoms with Crippen LogP contribution in [0.2, 0.25) is 0 Å². The van der Waals surface area contributed by atoms with Gasteiger partial charge in [-0.3, -0.25) is 9.59 Å². The summed E-state index contributed by atoms with van der Waals surface area (Å²) < 4.78 is 82.5. The first kappa shape index (κ1) is 20.3. The van der Waals surface area contributed by atoms with Crippen LogP contribution in [-0.4, -0.2) is 45.7 Å². The fraction of sp³-hybridized carbons (Fsp3) is 0.273. The fourth-order valence-electron chi connectivity index (χ4n) is 3.30. The van der Waals surface area contributed by atoms with Crippen LogP contribution >= 0.6 is 0 Å². The van der Waals surface area contributed by atoms with E-state index in [2.05, 4.69) is 5.32 Å². The molecule has 0 aliphatic heterocycles. The maximum absolute atomic E-state index is 14.8. The summed E-state index contributed by atoms with van der Waals surface area (Å²) in [6.07, 6.45) is 0.621. The van der Waals surface area contributed by atoms with Crippen LogP contribution in [0.5, 0.6) is 5.75 Å². The highest BCUT2D eigenvalue weighted by molar-refractivity contribution is 7.87. The van der Waals surface area contributed by atoms with Crippen molar-refractivity contribution in [1.29, 1.82) is 0 Å². The Hall–Kier alpha value is -3.31. The third-order valence-corrected chi connectivity index (χ3v) is 6.44. The number of nitrogens with zero attached hydrogens (tertiary/aromatic N) is 1. The average molecular weight is 483 g/mol. The molecule has 176 valence electrons. The fourth-order valence-corrected chi connectivity index (χ4v) is 3.84. The summed E-state index contributed by atoms with van der Waals surface area (Å²) in [4.78, 5) is 25.2. The molecule has 0 unspecified atom stereocenters. The normalized spacial score (nSPS) is 15.6. The second kappa shape index (κ2) is 9.67. The molecule has 0 saturated carbocycles. The number of amides is 2. The molecule has 2 aromatic rings. The van der Waals surface area contributed by atoms with Gasteiger partial charge in [0.25, 0.3) is 11.8 Å². The minimum absolute atomic E-state index is 0.0269. The second-order valence-corrected chi connectivity index (χ2v) is 9.31. The SMILES string of the molecule is [2H]C([2H])([2H])Oc1cccc(-c2cc(F)c(NC(=O)C3=C(C(=O)NS(=O)(=O)N(C)C)CCC3)c(F)c2)c1. The largest absolute Gasteiger partial charge is 0.497 e. The number of hydrogen-bond acceptors (Lipinski definition) is 5. The minimum atomic E-state index is -4.09. The summed E-state index contributed by atoms with van der Waals surface area (Å²) in [5, 5.41) is 2.13. The van der Waals surface area contributed by atoms with E-state index in [0.717, 1.165) is 16.4 Å². The lowest BCUT2D eigenvalue weighted by Crippen LogP contribution is -2.40. The molecule has 2 aromatic carbocycles. The van der Waals surface area contributed by atoms with Crippen molar-refractivity contribution in [2.75, 3.05) is 26.5 Å². The van der Waals surface area contributed by atoms with Crippen molar-refractivity contribution in [2.45, 2.75) is 19.3 Å². The van der Waals surface area contributed by atoms with Gasteiger partial charge in [-0.05, 0) is 54.7 Å². The van der Waals surface area contributed by atoms with Crippen LogP contribution in [0.15, 0.2) is 47.5 Å². The predicted molar refractivity (Wildman–Crippen MR) is 119 cm³/mol. The zero-order valence-corrected chi connectivity index (χ0v) is 18.6. The van der Waals surface area contributed by atoms with Gasteiger partial charge in [-0.2, -0.15) is 12.7 Å². The lowest BCUT2D eigenvalue weighted by molar-refractivity contribution is -0.117. The van der Waals surface area contributed by atoms with Gasteiger partial charge in [0.05, 0.1) is 11.2 Å². The summed E-state index contributed by atoms with van der Waals surface area (Å²) in [6, 6.07) is 7.53. The average Bonchev–Trinajstić information content (AvgIpc) is 3.25. The first-order valence-corrected chi connectivity index (χ1v) is 11.2. The van der Waals surface area contributed by atoms with Crippen LogP contribution in [0.3, 0.4) is 0 Å². The molecule has 11 heteroatoms. The number of ether oxygens (including phenoxy) is 1. The molecule has 0 aromatic heterocycles. The van der Waals surface area contributed by atoms with Crippen molar-refractivity contribution in [3.63, 3.8) is 0 Å². The first-order valence-electron chi connectivity index (χ1n) is 11.2. The molecule has 0 heterocycles. The molecule has 0 atom stereocenters. The molecule has 1 aliphatic rings. The Morgan fingerprint density at radius 2 is 1.67 bits per heavy atom. The monoisotopic (exact) mass is 482 g/mol. The van der Waals surface area contributed by atoms with Gasteiger partial charge in [0, 0.05) is 25.2 Å². The van der Waals surface area contributed by atoms with E-state index in [1.165, 1.54) is 38.4 Å². The zero-order valence-electron chi connectivity index (χ0n) is 20.7. The highest BCUT2D eigenvalue weighted by atomic mass is 32.2. The van der Waals surface area contributed by atoms with Gasteiger partial charge < -0.3 is 10.1 Å². The maximum Gasteiger partial charge on any atom is 0.303 e. The Labute approximate surface area is 194 Å². The van der Waals surface area contributed by atoms with Gasteiger partial charge in [-0.25, -0.2) is 13.5 Å². The molecule has 2 N–H and O–H groups in total. The van der Waals surface area contributed by atoms with Crippen molar-refractivity contribution >= 4 is 27.7 Å². The highest BCUT2D eigenvalue weighted by Gasteiger charge is 2.29. The van der Waals surface area contributed by atoms with E-state index in [1.54, 1.807) is 0 Å². The van der Waals surface area contributed by atoms with Crippen molar-refractivity contribution in [2.24, 2.45) is 0 Å². The number of carbonyl (C=O) groups is 2. The molecule has 0 saturated heterocycles. The minimum Gasteiger partial charge on any atom is -0.497 e. The second-order valence-electron chi connectivity index (χ2n) is 7.43. The van der Waals surface area contributed by atoms with E-state index in [4.69, 9.17) is 8.85 Å². The van der Waals surface area contributed by atoms with Gasteiger partial charge in [-0.1, -0.05) is 12.1 Å². The molecular formula is C22H23F2N3O5S. The van der Waals surface area contributed by atoms with Gasteiger partial charge in [0.1, 0.15) is 23.1 Å². The van der Waals surface area contributed by atoms with Crippen molar-refractivity contribution in [3.05, 3.63) is 59.2 Å². The number of hydrogen-bond donors (Lipinski definition) is 2. The number of nitrogens with one attached hydrogen (secondary N) is 2. The number of carbonyl (C=O) groups excluding carboxylic acids is 2. The van der Waals surface area contributed by atoms with E-state index in [0.29, 0.717) is 6.42 Å². The topological polar surface area (TPSA) is 105 Å². The predicted octanol–water partition coefficient (Wildman–Crippen LogP) is 2.98. The molecule has 0 fully saturated rings. The van der Waals surface area contributed by atoms with Crippen molar-refractivity contribution in [3.8, 4) is 16.9 Å². The van der Waals surface area contributed by atoms with E-state index in [-0.39, 0.29) is 40.9 Å². The molecule has 2 amide bonds. The summed E-state index contributed by atoms with van der Waals surface area (Å²) in [5.74, 6) is -4.16. The third kappa shape index (κ3) is 5.37. The van der Waals surface area contributed by atoms with Crippen LogP contribution in [0.1, 0.15) is 23.4 Å². The van der Waals surface area contributed by atoms with E-state index >= 15 is 0 Å². The molecule has 8 nitrogen and oxygen atoms in total. The summed E-state index contributed by atoms with van der Waals surface area (Å²) in [6.45, 7) is 0. The Morgan fingerprint density at radius 3 is 2.27 bits per heavy atom. The Bertz CT molecular complexity index is 1320. The molecule has 0 radical (unpaired) electrons. The highest BCUT2D eigenvalue weighted by Crippen LogP contribution is 2.31. The van der Waals surface area contributed by atoms with Crippen LogP contribution in [0.4, 0.5) is 14.5 Å². The van der Waals surface area contributed by atoms with Crippen LogP contribution in [0, 0.1) is 11.6 Å². The van der Waals surface area contributed by atoms with Gasteiger partial charge in [0.2, 0.25) is 0 Å². The number of benzene rings is 2. The molecule has 0 spiro atoms. The number of halogens is 2. The van der Waals surface area contributed by atoms with Crippen LogP contribution in [-0.2, 0) is 19.8 Å². The van der Waals surface area contributed by atoms with Crippen molar-refractivity contribution < 1.29 is 35.6 Å². The molecule has 3 rings (SSSR count). The quantitative estimate of drug-likeness (QED) is 0.631. The Balaban J connectivity index is 1.85. The molecular weight excluding hydrogens is 456 g/mol. The number of rotatable bonds is 7. The number of anilines is 1. The summed E-state index contributed by atoms with van der Waals surface area (Å²) in [5.41, 5.74) is -0.570. The van der Waals surface area contributed by atoms with Gasteiger partial charge >= 0.3 is 10.2 Å².